The van der Waals surface area contributed by atoms with Crippen molar-refractivity contribution >= 4 is 23.6 Å². The van der Waals surface area contributed by atoms with Crippen LogP contribution in [0.4, 0.5) is 0 Å². The van der Waals surface area contributed by atoms with E-state index in [0.717, 1.165) is 38.5 Å². The van der Waals surface area contributed by atoms with Crippen molar-refractivity contribution < 1.29 is 9.59 Å². The van der Waals surface area contributed by atoms with E-state index in [1.807, 2.05) is 11.8 Å². The summed E-state index contributed by atoms with van der Waals surface area (Å²) in [5.41, 5.74) is 0. The Labute approximate surface area is 125 Å². The van der Waals surface area contributed by atoms with E-state index in [4.69, 9.17) is 0 Å². The third-order valence-corrected chi connectivity index (χ3v) is 6.12. The Morgan fingerprint density at radius 2 is 1.90 bits per heavy atom. The molecule has 1 saturated heterocycles. The highest BCUT2D eigenvalue weighted by Crippen LogP contribution is 2.31. The van der Waals surface area contributed by atoms with E-state index in [2.05, 4.69) is 11.6 Å². The standard InChI is InChI=1S/C15H24N2O2S/c1-20-12-7-6-10(8-12)16-13-9-14(18)17(15(13)19)11-4-2-3-5-11/h10-13,16H,2-9H2,1H3. The number of nitrogens with zero attached hydrogens (tertiary/aromatic N) is 1. The molecular formula is C15H24N2O2S. The van der Waals surface area contributed by atoms with Crippen molar-refractivity contribution in [2.75, 3.05) is 6.26 Å². The van der Waals surface area contributed by atoms with Crippen molar-refractivity contribution in [3.05, 3.63) is 0 Å². The van der Waals surface area contributed by atoms with Crippen LogP contribution in [0.3, 0.4) is 0 Å². The molecule has 20 heavy (non-hydrogen) atoms. The third-order valence-electron chi connectivity index (χ3n) is 5.03. The monoisotopic (exact) mass is 296 g/mol. The molecule has 0 bridgehead atoms. The maximum Gasteiger partial charge on any atom is 0.247 e. The first-order valence-electron chi connectivity index (χ1n) is 7.83. The van der Waals surface area contributed by atoms with Gasteiger partial charge in [-0.3, -0.25) is 14.5 Å². The van der Waals surface area contributed by atoms with Crippen LogP contribution in [0.15, 0.2) is 0 Å². The SMILES string of the molecule is CSC1CCC(NC2CC(=O)N(C3CCCC3)C2=O)C1. The first-order chi connectivity index (χ1) is 9.69. The Hall–Kier alpha value is -0.550. The molecule has 2 amide bonds. The lowest BCUT2D eigenvalue weighted by atomic mass is 10.2. The Morgan fingerprint density at radius 1 is 1.15 bits per heavy atom. The Morgan fingerprint density at radius 3 is 2.55 bits per heavy atom. The fourth-order valence-electron chi connectivity index (χ4n) is 3.92. The molecule has 4 nitrogen and oxygen atoms in total. The Bertz CT molecular complexity index is 395. The van der Waals surface area contributed by atoms with Gasteiger partial charge in [-0.2, -0.15) is 11.8 Å². The molecule has 3 aliphatic rings. The molecule has 3 rings (SSSR count). The number of hydrogen-bond donors (Lipinski definition) is 1. The van der Waals surface area contributed by atoms with Gasteiger partial charge in [-0.1, -0.05) is 12.8 Å². The van der Waals surface area contributed by atoms with Crippen LogP contribution in [-0.4, -0.2) is 46.3 Å². The van der Waals surface area contributed by atoms with Gasteiger partial charge in [0.05, 0.1) is 12.5 Å². The van der Waals surface area contributed by atoms with E-state index in [1.165, 1.54) is 6.42 Å². The second kappa shape index (κ2) is 6.06. The van der Waals surface area contributed by atoms with Crippen LogP contribution in [-0.2, 0) is 9.59 Å². The molecule has 3 unspecified atom stereocenters. The molecule has 0 aromatic heterocycles. The zero-order valence-electron chi connectivity index (χ0n) is 12.1. The second-order valence-corrected chi connectivity index (χ2v) is 7.47. The van der Waals surface area contributed by atoms with Crippen molar-refractivity contribution in [1.29, 1.82) is 0 Å². The molecule has 0 aromatic rings. The average molecular weight is 296 g/mol. The molecule has 0 radical (unpaired) electrons. The minimum atomic E-state index is -0.256. The van der Waals surface area contributed by atoms with Crippen molar-refractivity contribution in [1.82, 2.24) is 10.2 Å². The molecule has 112 valence electrons. The summed E-state index contributed by atoms with van der Waals surface area (Å²) in [6.07, 6.45) is 10.3. The van der Waals surface area contributed by atoms with E-state index < -0.39 is 0 Å². The van der Waals surface area contributed by atoms with Crippen LogP contribution in [0.1, 0.15) is 51.4 Å². The summed E-state index contributed by atoms with van der Waals surface area (Å²) in [7, 11) is 0. The van der Waals surface area contributed by atoms with E-state index in [9.17, 15) is 9.59 Å². The predicted octanol–water partition coefficient (Wildman–Crippen LogP) is 1.93. The van der Waals surface area contributed by atoms with Crippen LogP contribution in [0.25, 0.3) is 0 Å². The zero-order valence-corrected chi connectivity index (χ0v) is 13.0. The number of thioether (sulfide) groups is 1. The normalized spacial score (nSPS) is 35.5. The van der Waals surface area contributed by atoms with Crippen LogP contribution in [0.2, 0.25) is 0 Å². The van der Waals surface area contributed by atoms with E-state index in [-0.39, 0.29) is 23.9 Å². The maximum atomic E-state index is 12.5. The highest BCUT2D eigenvalue weighted by molar-refractivity contribution is 7.99. The van der Waals surface area contributed by atoms with Crippen LogP contribution < -0.4 is 5.32 Å². The molecule has 2 aliphatic carbocycles. The first-order valence-corrected chi connectivity index (χ1v) is 9.12. The van der Waals surface area contributed by atoms with Crippen LogP contribution in [0.5, 0.6) is 0 Å². The maximum absolute atomic E-state index is 12.5. The Kier molecular flexibility index (Phi) is 4.36. The lowest BCUT2D eigenvalue weighted by Crippen LogP contribution is -2.45. The summed E-state index contributed by atoms with van der Waals surface area (Å²) >= 11 is 1.91. The minimum absolute atomic E-state index is 0.0366. The lowest BCUT2D eigenvalue weighted by Gasteiger charge is -2.23. The first kappa shape index (κ1) is 14.4. The molecule has 0 spiro atoms. The van der Waals surface area contributed by atoms with Crippen LogP contribution >= 0.6 is 11.8 Å². The number of carbonyl (C=O) groups excluding carboxylic acids is 2. The molecular weight excluding hydrogens is 272 g/mol. The van der Waals surface area contributed by atoms with Crippen molar-refractivity contribution in [2.24, 2.45) is 0 Å². The molecule has 1 N–H and O–H groups in total. The highest BCUT2D eigenvalue weighted by atomic mass is 32.2. The molecule has 3 atom stereocenters. The number of nitrogens with one attached hydrogen (secondary N) is 1. The summed E-state index contributed by atoms with van der Waals surface area (Å²) in [5.74, 6) is 0.0771. The van der Waals surface area contributed by atoms with Gasteiger partial charge >= 0.3 is 0 Å². The van der Waals surface area contributed by atoms with Crippen molar-refractivity contribution in [3.8, 4) is 0 Å². The van der Waals surface area contributed by atoms with E-state index >= 15 is 0 Å². The van der Waals surface area contributed by atoms with Crippen molar-refractivity contribution in [3.63, 3.8) is 0 Å². The summed E-state index contributed by atoms with van der Waals surface area (Å²) in [4.78, 5) is 26.2. The predicted molar refractivity (Wildman–Crippen MR) is 80.6 cm³/mol. The molecule has 0 aromatic carbocycles. The molecule has 3 fully saturated rings. The topological polar surface area (TPSA) is 49.4 Å². The second-order valence-electron chi connectivity index (χ2n) is 6.33. The number of likely N-dealkylation sites (tertiary alicyclic amines) is 1. The van der Waals surface area contributed by atoms with Gasteiger partial charge in [-0.25, -0.2) is 0 Å². The van der Waals surface area contributed by atoms with Gasteiger partial charge in [-0.15, -0.1) is 0 Å². The fourth-order valence-corrected chi connectivity index (χ4v) is 4.71. The van der Waals surface area contributed by atoms with E-state index in [0.29, 0.717) is 17.7 Å². The summed E-state index contributed by atoms with van der Waals surface area (Å²) in [5, 5.41) is 4.16. The number of imide groups is 1. The summed E-state index contributed by atoms with van der Waals surface area (Å²) in [6, 6.07) is 0.343. The lowest BCUT2D eigenvalue weighted by molar-refractivity contribution is -0.141. The average Bonchev–Trinajstić information content (AvgIpc) is 3.13. The number of rotatable bonds is 4. The van der Waals surface area contributed by atoms with Gasteiger partial charge in [0, 0.05) is 17.3 Å². The van der Waals surface area contributed by atoms with E-state index in [1.54, 1.807) is 4.90 Å². The van der Waals surface area contributed by atoms with Gasteiger partial charge in [0.15, 0.2) is 0 Å². The largest absolute Gasteiger partial charge is 0.303 e. The van der Waals surface area contributed by atoms with Gasteiger partial charge in [-0.05, 0) is 38.4 Å². The fraction of sp³-hybridized carbons (Fsp3) is 0.867. The van der Waals surface area contributed by atoms with Crippen molar-refractivity contribution in [2.45, 2.75) is 74.7 Å². The number of hydrogen-bond acceptors (Lipinski definition) is 4. The van der Waals surface area contributed by atoms with Gasteiger partial charge in [0.2, 0.25) is 11.8 Å². The quantitative estimate of drug-likeness (QED) is 0.805. The molecule has 1 aliphatic heterocycles. The van der Waals surface area contributed by atoms with Gasteiger partial charge < -0.3 is 5.32 Å². The zero-order chi connectivity index (χ0) is 14.1. The summed E-state index contributed by atoms with van der Waals surface area (Å²) < 4.78 is 0. The molecule has 5 heteroatoms. The van der Waals surface area contributed by atoms with Gasteiger partial charge in [0.25, 0.3) is 0 Å². The third kappa shape index (κ3) is 2.75. The smallest absolute Gasteiger partial charge is 0.247 e. The van der Waals surface area contributed by atoms with Gasteiger partial charge in [0.1, 0.15) is 0 Å². The minimum Gasteiger partial charge on any atom is -0.303 e. The number of carbonyl (C=O) groups is 2. The van der Waals surface area contributed by atoms with Crippen LogP contribution in [0, 0.1) is 0 Å². The molecule has 2 saturated carbocycles. The summed E-state index contributed by atoms with van der Waals surface area (Å²) in [6.45, 7) is 0. The Balaban J connectivity index is 1.58. The highest BCUT2D eigenvalue weighted by Gasteiger charge is 2.44. The molecule has 1 heterocycles. The number of amides is 2.